The topological polar surface area (TPSA) is 51.2 Å². The Labute approximate surface area is 122 Å². The third-order valence-corrected chi connectivity index (χ3v) is 3.52. The molecule has 0 atom stereocenters. The van der Waals surface area contributed by atoms with E-state index in [0.717, 1.165) is 16.3 Å². The van der Waals surface area contributed by atoms with Gasteiger partial charge in [0.2, 0.25) is 0 Å². The smallest absolute Gasteiger partial charge is 0.262 e. The first-order valence-corrected chi connectivity index (χ1v) is 7.13. The van der Waals surface area contributed by atoms with Crippen LogP contribution >= 0.6 is 11.3 Å². The van der Waals surface area contributed by atoms with Crippen molar-refractivity contribution in [2.24, 2.45) is 0 Å². The fourth-order valence-corrected chi connectivity index (χ4v) is 2.40. The third-order valence-electron chi connectivity index (χ3n) is 2.56. The van der Waals surface area contributed by atoms with Crippen LogP contribution in [-0.4, -0.2) is 24.5 Å². The largest absolute Gasteiger partial charge is 0.494 e. The normalized spacial score (nSPS) is 10.7. The minimum absolute atomic E-state index is 0.111. The number of carbonyl (C=O) groups excluding carboxylic acids is 1. The van der Waals surface area contributed by atoms with Gasteiger partial charge in [0, 0.05) is 7.05 Å². The molecule has 0 aliphatic carbocycles. The summed E-state index contributed by atoms with van der Waals surface area (Å²) in [4.78, 5) is 16.2. The van der Waals surface area contributed by atoms with Crippen molar-refractivity contribution < 1.29 is 9.53 Å². The standard InChI is InChI=1S/C15H16N2O2S/c1-3-19-12-6-4-5-11(9-12)7-8-14-17-10-13(20-14)15(18)16-2/h4-10H,3H2,1-2H3,(H,16,18). The van der Waals surface area contributed by atoms with Gasteiger partial charge in [0.05, 0.1) is 12.8 Å². The highest BCUT2D eigenvalue weighted by molar-refractivity contribution is 7.14. The van der Waals surface area contributed by atoms with Crippen LogP contribution in [0.2, 0.25) is 0 Å². The molecule has 20 heavy (non-hydrogen) atoms. The number of rotatable bonds is 5. The average molecular weight is 288 g/mol. The van der Waals surface area contributed by atoms with Crippen LogP contribution in [0.25, 0.3) is 12.2 Å². The lowest BCUT2D eigenvalue weighted by Gasteiger charge is -2.02. The van der Waals surface area contributed by atoms with Crippen LogP contribution in [-0.2, 0) is 0 Å². The van der Waals surface area contributed by atoms with E-state index in [0.29, 0.717) is 11.5 Å². The summed E-state index contributed by atoms with van der Waals surface area (Å²) in [5.74, 6) is 0.736. The maximum atomic E-state index is 11.4. The second-order valence-electron chi connectivity index (χ2n) is 3.98. The van der Waals surface area contributed by atoms with Gasteiger partial charge in [-0.15, -0.1) is 11.3 Å². The van der Waals surface area contributed by atoms with E-state index in [1.54, 1.807) is 13.2 Å². The predicted octanol–water partition coefficient (Wildman–Crippen LogP) is 3.07. The van der Waals surface area contributed by atoms with Gasteiger partial charge in [-0.05, 0) is 30.7 Å². The zero-order valence-electron chi connectivity index (χ0n) is 11.4. The Kier molecular flexibility index (Phi) is 4.90. The molecule has 0 aliphatic rings. The van der Waals surface area contributed by atoms with Crippen LogP contribution in [0.15, 0.2) is 30.5 Å². The number of hydrogen-bond acceptors (Lipinski definition) is 4. The highest BCUT2D eigenvalue weighted by atomic mass is 32.1. The molecule has 1 amide bonds. The number of amides is 1. The Balaban J connectivity index is 2.10. The molecule has 1 N–H and O–H groups in total. The van der Waals surface area contributed by atoms with Crippen molar-refractivity contribution in [1.29, 1.82) is 0 Å². The van der Waals surface area contributed by atoms with Crippen molar-refractivity contribution in [3.05, 3.63) is 45.9 Å². The van der Waals surface area contributed by atoms with Crippen LogP contribution in [0.1, 0.15) is 27.2 Å². The Hall–Kier alpha value is -2.14. The molecule has 1 heterocycles. The third kappa shape index (κ3) is 3.68. The van der Waals surface area contributed by atoms with Gasteiger partial charge in [-0.3, -0.25) is 4.79 Å². The minimum atomic E-state index is -0.111. The van der Waals surface area contributed by atoms with Crippen molar-refractivity contribution in [3.8, 4) is 5.75 Å². The van der Waals surface area contributed by atoms with E-state index in [-0.39, 0.29) is 5.91 Å². The second kappa shape index (κ2) is 6.86. The number of aromatic nitrogens is 1. The molecule has 0 spiro atoms. The fourth-order valence-electron chi connectivity index (χ4n) is 1.64. The number of thiazole rings is 1. The molecule has 0 aliphatic heterocycles. The number of benzene rings is 1. The van der Waals surface area contributed by atoms with Gasteiger partial charge in [-0.1, -0.05) is 18.2 Å². The Morgan fingerprint density at radius 2 is 2.30 bits per heavy atom. The van der Waals surface area contributed by atoms with E-state index < -0.39 is 0 Å². The molecule has 104 valence electrons. The van der Waals surface area contributed by atoms with Gasteiger partial charge in [-0.25, -0.2) is 4.98 Å². The monoisotopic (exact) mass is 288 g/mol. The molecule has 1 aromatic heterocycles. The predicted molar refractivity (Wildman–Crippen MR) is 82.0 cm³/mol. The number of carbonyl (C=O) groups is 1. The summed E-state index contributed by atoms with van der Waals surface area (Å²) < 4.78 is 5.45. The van der Waals surface area contributed by atoms with Crippen molar-refractivity contribution >= 4 is 29.4 Å². The van der Waals surface area contributed by atoms with Crippen molar-refractivity contribution in [2.75, 3.05) is 13.7 Å². The molecule has 5 heteroatoms. The van der Waals surface area contributed by atoms with Crippen molar-refractivity contribution in [2.45, 2.75) is 6.92 Å². The molecule has 4 nitrogen and oxygen atoms in total. The quantitative estimate of drug-likeness (QED) is 0.920. The maximum Gasteiger partial charge on any atom is 0.262 e. The minimum Gasteiger partial charge on any atom is -0.494 e. The van der Waals surface area contributed by atoms with Crippen LogP contribution in [0, 0.1) is 0 Å². The Morgan fingerprint density at radius 3 is 3.05 bits per heavy atom. The maximum absolute atomic E-state index is 11.4. The van der Waals surface area contributed by atoms with Crippen LogP contribution in [0.3, 0.4) is 0 Å². The van der Waals surface area contributed by atoms with Crippen LogP contribution in [0.4, 0.5) is 0 Å². The highest BCUT2D eigenvalue weighted by Gasteiger charge is 2.06. The molecule has 0 saturated carbocycles. The fraction of sp³-hybridized carbons (Fsp3) is 0.200. The molecular formula is C15H16N2O2S. The summed E-state index contributed by atoms with van der Waals surface area (Å²) in [7, 11) is 1.61. The summed E-state index contributed by atoms with van der Waals surface area (Å²) >= 11 is 1.36. The molecule has 2 aromatic rings. The van der Waals surface area contributed by atoms with Crippen LogP contribution in [0.5, 0.6) is 5.75 Å². The van der Waals surface area contributed by atoms with E-state index in [1.165, 1.54) is 11.3 Å². The summed E-state index contributed by atoms with van der Waals surface area (Å²) in [6.45, 7) is 2.60. The van der Waals surface area contributed by atoms with E-state index in [1.807, 2.05) is 43.3 Å². The molecule has 0 fully saturated rings. The lowest BCUT2D eigenvalue weighted by molar-refractivity contribution is 0.0967. The lowest BCUT2D eigenvalue weighted by atomic mass is 10.2. The summed E-state index contributed by atoms with van der Waals surface area (Å²) in [6.07, 6.45) is 5.43. The molecule has 2 rings (SSSR count). The first kappa shape index (κ1) is 14.3. The van der Waals surface area contributed by atoms with Crippen LogP contribution < -0.4 is 10.1 Å². The first-order chi connectivity index (χ1) is 9.72. The van der Waals surface area contributed by atoms with E-state index in [4.69, 9.17) is 4.74 Å². The van der Waals surface area contributed by atoms with Gasteiger partial charge in [0.25, 0.3) is 5.91 Å². The summed E-state index contributed by atoms with van der Waals surface area (Å²) in [5.41, 5.74) is 1.03. The lowest BCUT2D eigenvalue weighted by Crippen LogP contribution is -2.16. The van der Waals surface area contributed by atoms with Gasteiger partial charge in [0.1, 0.15) is 15.6 Å². The van der Waals surface area contributed by atoms with E-state index in [9.17, 15) is 4.79 Å². The average Bonchev–Trinajstić information content (AvgIpc) is 2.94. The van der Waals surface area contributed by atoms with Gasteiger partial charge in [-0.2, -0.15) is 0 Å². The van der Waals surface area contributed by atoms with Gasteiger partial charge >= 0.3 is 0 Å². The van der Waals surface area contributed by atoms with Gasteiger partial charge < -0.3 is 10.1 Å². The number of nitrogens with zero attached hydrogens (tertiary/aromatic N) is 1. The molecular weight excluding hydrogens is 272 g/mol. The first-order valence-electron chi connectivity index (χ1n) is 6.31. The van der Waals surface area contributed by atoms with Crippen molar-refractivity contribution in [3.63, 3.8) is 0 Å². The number of hydrogen-bond donors (Lipinski definition) is 1. The van der Waals surface area contributed by atoms with E-state index in [2.05, 4.69) is 10.3 Å². The molecule has 0 radical (unpaired) electrons. The SMILES string of the molecule is CCOc1cccc(C=Cc2ncc(C(=O)NC)s2)c1. The number of nitrogens with one attached hydrogen (secondary N) is 1. The van der Waals surface area contributed by atoms with Crippen molar-refractivity contribution in [1.82, 2.24) is 10.3 Å². The van der Waals surface area contributed by atoms with E-state index >= 15 is 0 Å². The van der Waals surface area contributed by atoms with Gasteiger partial charge in [0.15, 0.2) is 0 Å². The second-order valence-corrected chi connectivity index (χ2v) is 5.04. The molecule has 1 aromatic carbocycles. The Morgan fingerprint density at radius 1 is 1.45 bits per heavy atom. The summed E-state index contributed by atoms with van der Waals surface area (Å²) in [6, 6.07) is 7.83. The zero-order valence-corrected chi connectivity index (χ0v) is 12.2. The highest BCUT2D eigenvalue weighted by Crippen LogP contribution is 2.18. The zero-order chi connectivity index (χ0) is 14.4. The number of ether oxygens (including phenoxy) is 1. The molecule has 0 unspecified atom stereocenters. The molecule has 0 bridgehead atoms. The Bertz CT molecular complexity index is 620. The molecule has 0 saturated heterocycles. The summed E-state index contributed by atoms with van der Waals surface area (Å²) in [5, 5.41) is 3.38.